The van der Waals surface area contributed by atoms with Gasteiger partial charge >= 0.3 is 0 Å². The van der Waals surface area contributed by atoms with E-state index in [1.54, 1.807) is 0 Å². The number of rotatable bonds is 3. The first-order chi connectivity index (χ1) is 8.56. The summed E-state index contributed by atoms with van der Waals surface area (Å²) in [5, 5.41) is 11.7. The lowest BCUT2D eigenvalue weighted by Crippen LogP contribution is -2.14. The maximum Gasteiger partial charge on any atom is 0.103 e. The minimum absolute atomic E-state index is 0.181. The van der Waals surface area contributed by atoms with Crippen LogP contribution in [0.15, 0.2) is 27.1 Å². The summed E-state index contributed by atoms with van der Waals surface area (Å²) in [6.45, 7) is 4.09. The Morgan fingerprint density at radius 2 is 1.89 bits per heavy atom. The first-order valence-electron chi connectivity index (χ1n) is 5.60. The Balaban J connectivity index is 2.56. The fraction of sp³-hybridized carbons (Fsp3) is 0.333. The fourth-order valence-electron chi connectivity index (χ4n) is 1.78. The van der Waals surface area contributed by atoms with Gasteiger partial charge in [-0.05, 0) is 64.9 Å². The third-order valence-corrected chi connectivity index (χ3v) is 4.20. The van der Waals surface area contributed by atoms with E-state index in [2.05, 4.69) is 54.4 Å². The summed E-state index contributed by atoms with van der Waals surface area (Å²) in [5.41, 5.74) is 2.96. The molecule has 2 rings (SSSR count). The van der Waals surface area contributed by atoms with Crippen LogP contribution >= 0.6 is 31.9 Å². The lowest BCUT2D eigenvalue weighted by Gasteiger charge is -2.10. The highest BCUT2D eigenvalue weighted by atomic mass is 79.9. The summed E-state index contributed by atoms with van der Waals surface area (Å²) < 4.78 is 3.80. The molecule has 2 aromatic rings. The molecule has 0 fully saturated rings. The van der Waals surface area contributed by atoms with Gasteiger partial charge in [0.15, 0.2) is 0 Å². The monoisotopic (exact) mass is 372 g/mol. The Morgan fingerprint density at radius 3 is 2.44 bits per heavy atom. The van der Waals surface area contributed by atoms with E-state index in [1.807, 2.05) is 36.9 Å². The molecule has 1 aromatic carbocycles. The molecule has 1 aromatic heterocycles. The van der Waals surface area contributed by atoms with E-state index < -0.39 is 0 Å². The van der Waals surface area contributed by atoms with Gasteiger partial charge in [-0.15, -0.1) is 5.10 Å². The summed E-state index contributed by atoms with van der Waals surface area (Å²) in [6.07, 6.45) is 0. The molecule has 0 amide bonds. The quantitative estimate of drug-likeness (QED) is 0.896. The molecule has 0 bridgehead atoms. The Morgan fingerprint density at radius 1 is 1.28 bits per heavy atom. The third-order valence-electron chi connectivity index (χ3n) is 2.92. The van der Waals surface area contributed by atoms with Gasteiger partial charge in [-0.3, -0.25) is 0 Å². The summed E-state index contributed by atoms with van der Waals surface area (Å²) in [7, 11) is 1.91. The molecule has 1 N–H and O–H groups in total. The average molecular weight is 374 g/mol. The Hall–Kier alpha value is -0.720. The molecule has 0 aliphatic carbocycles. The number of benzene rings is 1. The second-order valence-electron chi connectivity index (χ2n) is 4.05. The number of nitrogens with one attached hydrogen (secondary N) is 1. The van der Waals surface area contributed by atoms with Crippen molar-refractivity contribution in [3.8, 4) is 5.69 Å². The van der Waals surface area contributed by atoms with E-state index >= 15 is 0 Å². The number of aromatic nitrogens is 3. The zero-order valence-corrected chi connectivity index (χ0v) is 13.6. The predicted molar refractivity (Wildman–Crippen MR) is 79.0 cm³/mol. The van der Waals surface area contributed by atoms with Crippen LogP contribution in [0.1, 0.15) is 24.4 Å². The second kappa shape index (κ2) is 5.50. The largest absolute Gasteiger partial charge is 0.312 e. The molecule has 4 nitrogen and oxygen atoms in total. The zero-order chi connectivity index (χ0) is 13.3. The number of hydrogen-bond acceptors (Lipinski definition) is 3. The molecule has 18 heavy (non-hydrogen) atoms. The van der Waals surface area contributed by atoms with Crippen molar-refractivity contribution >= 4 is 31.9 Å². The highest BCUT2D eigenvalue weighted by molar-refractivity contribution is 9.11. The Labute approximate surface area is 123 Å². The molecule has 0 saturated carbocycles. The molecule has 1 unspecified atom stereocenters. The smallest absolute Gasteiger partial charge is 0.103 e. The van der Waals surface area contributed by atoms with Crippen molar-refractivity contribution in [3.05, 3.63) is 38.5 Å². The molecule has 0 aliphatic rings. The molecule has 96 valence electrons. The van der Waals surface area contributed by atoms with E-state index in [0.29, 0.717) is 0 Å². The number of nitrogens with zero attached hydrogens (tertiary/aromatic N) is 3. The van der Waals surface area contributed by atoms with Crippen LogP contribution in [-0.2, 0) is 0 Å². The maximum atomic E-state index is 4.25. The Kier molecular flexibility index (Phi) is 4.19. The second-order valence-corrected chi connectivity index (χ2v) is 5.76. The van der Waals surface area contributed by atoms with Crippen molar-refractivity contribution in [3.63, 3.8) is 0 Å². The van der Waals surface area contributed by atoms with E-state index in [-0.39, 0.29) is 6.04 Å². The Bertz CT molecular complexity index is 545. The van der Waals surface area contributed by atoms with E-state index in [0.717, 1.165) is 26.0 Å². The molecule has 0 saturated heterocycles. The van der Waals surface area contributed by atoms with Gasteiger partial charge in [-0.1, -0.05) is 11.3 Å². The molecule has 0 aliphatic heterocycles. The first kappa shape index (κ1) is 13.7. The molecule has 1 heterocycles. The highest BCUT2D eigenvalue weighted by Gasteiger charge is 2.17. The topological polar surface area (TPSA) is 42.7 Å². The molecule has 0 radical (unpaired) electrons. The van der Waals surface area contributed by atoms with Crippen LogP contribution in [0.25, 0.3) is 5.69 Å². The van der Waals surface area contributed by atoms with Crippen LogP contribution in [0.5, 0.6) is 0 Å². The van der Waals surface area contributed by atoms with Crippen LogP contribution in [0.2, 0.25) is 0 Å². The van der Waals surface area contributed by atoms with Gasteiger partial charge in [-0.2, -0.15) is 0 Å². The predicted octanol–water partition coefficient (Wildman–Crippen LogP) is 3.38. The minimum atomic E-state index is 0.181. The molecule has 6 heteroatoms. The van der Waals surface area contributed by atoms with Crippen molar-refractivity contribution in [2.75, 3.05) is 7.05 Å². The maximum absolute atomic E-state index is 4.25. The van der Waals surface area contributed by atoms with E-state index in [4.69, 9.17) is 0 Å². The van der Waals surface area contributed by atoms with Crippen molar-refractivity contribution in [2.45, 2.75) is 19.9 Å². The van der Waals surface area contributed by atoms with E-state index in [1.165, 1.54) is 0 Å². The van der Waals surface area contributed by atoms with Crippen molar-refractivity contribution in [1.82, 2.24) is 20.3 Å². The third kappa shape index (κ3) is 2.37. The number of para-hydroxylation sites is 1. The van der Waals surface area contributed by atoms with Crippen molar-refractivity contribution in [1.29, 1.82) is 0 Å². The highest BCUT2D eigenvalue weighted by Crippen LogP contribution is 2.30. The molecule has 1 atom stereocenters. The van der Waals surface area contributed by atoms with Gasteiger partial charge in [-0.25, -0.2) is 4.68 Å². The van der Waals surface area contributed by atoms with Crippen LogP contribution < -0.4 is 5.32 Å². The van der Waals surface area contributed by atoms with Gasteiger partial charge < -0.3 is 5.32 Å². The van der Waals surface area contributed by atoms with Gasteiger partial charge in [0.05, 0.1) is 17.4 Å². The summed E-state index contributed by atoms with van der Waals surface area (Å²) in [4.78, 5) is 0. The fourth-order valence-corrected chi connectivity index (χ4v) is 3.12. The van der Waals surface area contributed by atoms with Crippen LogP contribution in [0, 0.1) is 6.92 Å². The lowest BCUT2D eigenvalue weighted by atomic mass is 10.2. The first-order valence-corrected chi connectivity index (χ1v) is 7.18. The zero-order valence-electron chi connectivity index (χ0n) is 10.4. The van der Waals surface area contributed by atoms with Gasteiger partial charge in [0, 0.05) is 8.95 Å². The van der Waals surface area contributed by atoms with E-state index in [9.17, 15) is 0 Å². The van der Waals surface area contributed by atoms with Gasteiger partial charge in [0.2, 0.25) is 0 Å². The molecular formula is C12H14Br2N4. The average Bonchev–Trinajstić information content (AvgIpc) is 2.71. The molecular weight excluding hydrogens is 360 g/mol. The summed E-state index contributed by atoms with van der Waals surface area (Å²) in [5.74, 6) is 0. The van der Waals surface area contributed by atoms with Crippen LogP contribution in [0.4, 0.5) is 0 Å². The SMILES string of the molecule is CNC(C)c1nnn(-c2c(Br)cccc2Br)c1C. The summed E-state index contributed by atoms with van der Waals surface area (Å²) >= 11 is 7.09. The van der Waals surface area contributed by atoms with Crippen molar-refractivity contribution in [2.24, 2.45) is 0 Å². The molecule has 0 spiro atoms. The lowest BCUT2D eigenvalue weighted by molar-refractivity contribution is 0.627. The minimum Gasteiger partial charge on any atom is -0.312 e. The van der Waals surface area contributed by atoms with Gasteiger partial charge in [0.1, 0.15) is 5.69 Å². The standard InChI is InChI=1S/C12H14Br2N4/c1-7(15-3)11-8(2)18(17-16-11)12-9(13)5-4-6-10(12)14/h4-7,15H,1-3H3. The van der Waals surface area contributed by atoms with Crippen LogP contribution in [-0.4, -0.2) is 22.0 Å². The number of hydrogen-bond donors (Lipinski definition) is 1. The van der Waals surface area contributed by atoms with Gasteiger partial charge in [0.25, 0.3) is 0 Å². The van der Waals surface area contributed by atoms with Crippen molar-refractivity contribution < 1.29 is 0 Å². The van der Waals surface area contributed by atoms with Crippen LogP contribution in [0.3, 0.4) is 0 Å². The summed E-state index contributed by atoms with van der Waals surface area (Å²) in [6, 6.07) is 6.13. The number of halogens is 2. The normalized spacial score (nSPS) is 12.7.